The van der Waals surface area contributed by atoms with Gasteiger partial charge in [0.2, 0.25) is 11.9 Å². The summed E-state index contributed by atoms with van der Waals surface area (Å²) in [6.07, 6.45) is 3.85. The molecule has 5 rings (SSSR count). The van der Waals surface area contributed by atoms with Gasteiger partial charge in [-0.2, -0.15) is 10.1 Å². The molecule has 144 valence electrons. The molecule has 1 aliphatic heterocycles. The maximum Gasteiger partial charge on any atom is 0.233 e. The van der Waals surface area contributed by atoms with Crippen LogP contribution in [-0.2, 0) is 0 Å². The molecule has 2 unspecified atom stereocenters. The summed E-state index contributed by atoms with van der Waals surface area (Å²) in [5, 5.41) is 20.6. The molecular weight excluding hydrogens is 361 g/mol. The minimum Gasteiger partial charge on any atom is -0.391 e. The van der Waals surface area contributed by atoms with Gasteiger partial charge in [0, 0.05) is 24.2 Å². The Morgan fingerprint density at radius 2 is 2.00 bits per heavy atom. The summed E-state index contributed by atoms with van der Waals surface area (Å²) >= 11 is 0. The molecule has 9 heteroatoms. The third kappa shape index (κ3) is 3.40. The van der Waals surface area contributed by atoms with Crippen LogP contribution in [0.25, 0.3) is 0 Å². The summed E-state index contributed by atoms with van der Waals surface area (Å²) in [4.78, 5) is 14.9. The van der Waals surface area contributed by atoms with Crippen molar-refractivity contribution in [1.82, 2.24) is 25.1 Å². The lowest BCUT2D eigenvalue weighted by Crippen LogP contribution is -2.26. The van der Waals surface area contributed by atoms with E-state index in [4.69, 9.17) is 0 Å². The van der Waals surface area contributed by atoms with Crippen LogP contribution in [0, 0.1) is 5.82 Å². The smallest absolute Gasteiger partial charge is 0.233 e. The van der Waals surface area contributed by atoms with Crippen LogP contribution >= 0.6 is 0 Å². The minimum absolute atomic E-state index is 0.127. The van der Waals surface area contributed by atoms with Gasteiger partial charge in [-0.3, -0.25) is 5.10 Å². The summed E-state index contributed by atoms with van der Waals surface area (Å²) in [5.41, 5.74) is 2.03. The van der Waals surface area contributed by atoms with Crippen LogP contribution in [0.1, 0.15) is 42.5 Å². The highest BCUT2D eigenvalue weighted by Crippen LogP contribution is 2.39. The van der Waals surface area contributed by atoms with Crippen LogP contribution in [0.5, 0.6) is 0 Å². The van der Waals surface area contributed by atoms with Crippen LogP contribution in [0.2, 0.25) is 0 Å². The Morgan fingerprint density at radius 3 is 2.79 bits per heavy atom. The maximum atomic E-state index is 13.3. The van der Waals surface area contributed by atoms with E-state index in [0.29, 0.717) is 36.6 Å². The van der Waals surface area contributed by atoms with Gasteiger partial charge in [0.25, 0.3) is 0 Å². The van der Waals surface area contributed by atoms with E-state index in [0.717, 1.165) is 11.3 Å². The largest absolute Gasteiger partial charge is 0.391 e. The molecule has 2 aliphatic rings. The highest BCUT2D eigenvalue weighted by atomic mass is 19.1. The molecule has 28 heavy (non-hydrogen) atoms. The molecule has 3 aromatic rings. The molecule has 1 saturated heterocycles. The van der Waals surface area contributed by atoms with Gasteiger partial charge in [0.1, 0.15) is 12.1 Å². The van der Waals surface area contributed by atoms with Gasteiger partial charge in [-0.1, -0.05) is 12.1 Å². The number of β-amino-alcohol motifs (C(OH)–C–C–N with tert-alkyl or cyclic N) is 1. The van der Waals surface area contributed by atoms with E-state index in [2.05, 4.69) is 30.5 Å². The number of aliphatic hydroxyl groups is 1. The number of rotatable bonds is 5. The predicted molar refractivity (Wildman–Crippen MR) is 101 cm³/mol. The molecule has 3 heterocycles. The molecular formula is C19H20FN7O. The fourth-order valence-corrected chi connectivity index (χ4v) is 3.64. The molecule has 1 aliphatic carbocycles. The topological polar surface area (TPSA) is 103 Å². The second-order valence-corrected chi connectivity index (χ2v) is 7.33. The Kier molecular flexibility index (Phi) is 4.16. The van der Waals surface area contributed by atoms with Crippen molar-refractivity contribution < 1.29 is 9.50 Å². The van der Waals surface area contributed by atoms with Gasteiger partial charge < -0.3 is 15.3 Å². The number of aliphatic hydroxyl groups excluding tert-OH is 1. The summed E-state index contributed by atoms with van der Waals surface area (Å²) in [5.74, 6) is 1.81. The molecule has 0 bridgehead atoms. The van der Waals surface area contributed by atoms with E-state index in [1.165, 1.54) is 31.3 Å². The van der Waals surface area contributed by atoms with Gasteiger partial charge in [-0.15, -0.1) is 0 Å². The van der Waals surface area contributed by atoms with Gasteiger partial charge in [0.15, 0.2) is 5.82 Å². The van der Waals surface area contributed by atoms with Gasteiger partial charge >= 0.3 is 0 Å². The zero-order valence-corrected chi connectivity index (χ0v) is 15.1. The van der Waals surface area contributed by atoms with Crippen molar-refractivity contribution in [1.29, 1.82) is 0 Å². The number of nitrogens with one attached hydrogen (secondary N) is 2. The number of aromatic amines is 1. The molecule has 0 spiro atoms. The first kappa shape index (κ1) is 17.1. The van der Waals surface area contributed by atoms with E-state index in [9.17, 15) is 9.50 Å². The van der Waals surface area contributed by atoms with Crippen LogP contribution < -0.4 is 10.2 Å². The van der Waals surface area contributed by atoms with Crippen molar-refractivity contribution in [2.75, 3.05) is 16.8 Å². The summed E-state index contributed by atoms with van der Waals surface area (Å²) < 4.78 is 13.3. The molecule has 2 fully saturated rings. The number of H-pyrrole nitrogens is 1. The zero-order valence-electron chi connectivity index (χ0n) is 15.1. The summed E-state index contributed by atoms with van der Waals surface area (Å²) in [6.45, 7) is 0.403. The Balaban J connectivity index is 1.38. The molecule has 1 aromatic carbocycles. The second-order valence-electron chi connectivity index (χ2n) is 7.33. The van der Waals surface area contributed by atoms with Crippen LogP contribution in [0.15, 0.2) is 36.7 Å². The molecule has 8 nitrogen and oxygen atoms in total. The predicted octanol–water partition coefficient (Wildman–Crippen LogP) is 2.67. The zero-order chi connectivity index (χ0) is 19.1. The lowest BCUT2D eigenvalue weighted by atomic mass is 10.0. The number of halogens is 1. The van der Waals surface area contributed by atoms with Gasteiger partial charge in [-0.05, 0) is 37.0 Å². The third-order valence-electron chi connectivity index (χ3n) is 5.20. The third-order valence-corrected chi connectivity index (χ3v) is 5.20. The Hall–Kier alpha value is -3.07. The average molecular weight is 381 g/mol. The number of aromatic nitrogens is 5. The van der Waals surface area contributed by atoms with Crippen molar-refractivity contribution in [2.45, 2.75) is 37.3 Å². The van der Waals surface area contributed by atoms with E-state index in [1.807, 2.05) is 11.0 Å². The van der Waals surface area contributed by atoms with Crippen LogP contribution in [0.4, 0.5) is 22.1 Å². The average Bonchev–Trinajstić information content (AvgIpc) is 3.32. The first-order chi connectivity index (χ1) is 13.7. The van der Waals surface area contributed by atoms with Crippen LogP contribution in [0.3, 0.4) is 0 Å². The minimum atomic E-state index is -0.504. The SMILES string of the molecule is OC1CC(c2ccc(F)cc2)N(c2ncnc(Nc3cc(C4CC4)[nH]n3)n2)C1. The summed E-state index contributed by atoms with van der Waals surface area (Å²) in [6, 6.07) is 8.16. The number of benzene rings is 1. The Bertz CT molecular complexity index is 972. The lowest BCUT2D eigenvalue weighted by molar-refractivity contribution is 0.194. The molecule has 1 saturated carbocycles. The standard InChI is InChI=1S/C19H20FN7O/c20-13-5-3-12(4-6-13)16-7-14(28)9-27(16)19-22-10-21-18(24-19)23-17-8-15(25-26-17)11-1-2-11/h3-6,8,10-11,14,16,28H,1-2,7,9H2,(H2,21,22,23,24,25,26). The quantitative estimate of drug-likeness (QED) is 0.624. The van der Waals surface area contributed by atoms with Gasteiger partial charge in [-0.25, -0.2) is 14.4 Å². The summed E-state index contributed by atoms with van der Waals surface area (Å²) in [7, 11) is 0. The number of hydrogen-bond acceptors (Lipinski definition) is 7. The van der Waals surface area contributed by atoms with Crippen molar-refractivity contribution in [2.24, 2.45) is 0 Å². The van der Waals surface area contributed by atoms with Crippen molar-refractivity contribution in [3.8, 4) is 0 Å². The van der Waals surface area contributed by atoms with Crippen molar-refractivity contribution >= 4 is 17.7 Å². The molecule has 3 N–H and O–H groups in total. The lowest BCUT2D eigenvalue weighted by Gasteiger charge is -2.24. The number of hydrogen-bond donors (Lipinski definition) is 3. The molecule has 0 amide bonds. The fraction of sp³-hybridized carbons (Fsp3) is 0.368. The second kappa shape index (κ2) is 6.83. The number of anilines is 3. The fourth-order valence-electron chi connectivity index (χ4n) is 3.64. The molecule has 0 radical (unpaired) electrons. The Morgan fingerprint density at radius 1 is 1.18 bits per heavy atom. The van der Waals surface area contributed by atoms with E-state index in [-0.39, 0.29) is 11.9 Å². The first-order valence-corrected chi connectivity index (χ1v) is 9.37. The van der Waals surface area contributed by atoms with Crippen molar-refractivity contribution in [3.63, 3.8) is 0 Å². The normalized spacial score (nSPS) is 21.9. The highest BCUT2D eigenvalue weighted by Gasteiger charge is 2.34. The van der Waals surface area contributed by atoms with E-state index in [1.54, 1.807) is 12.1 Å². The molecule has 2 atom stereocenters. The first-order valence-electron chi connectivity index (χ1n) is 9.37. The molecule has 2 aromatic heterocycles. The van der Waals surface area contributed by atoms with Crippen molar-refractivity contribution in [3.05, 3.63) is 53.7 Å². The highest BCUT2D eigenvalue weighted by molar-refractivity contribution is 5.51. The van der Waals surface area contributed by atoms with Crippen LogP contribution in [-0.4, -0.2) is 42.9 Å². The van der Waals surface area contributed by atoms with Gasteiger partial charge in [0.05, 0.1) is 12.1 Å². The number of nitrogens with zero attached hydrogens (tertiary/aromatic N) is 5. The Labute approximate surface area is 160 Å². The van der Waals surface area contributed by atoms with E-state index >= 15 is 0 Å². The maximum absolute atomic E-state index is 13.3. The van der Waals surface area contributed by atoms with E-state index < -0.39 is 6.10 Å². The monoisotopic (exact) mass is 381 g/mol.